The maximum absolute atomic E-state index is 4.03. The molecular weight excluding hydrogens is 160 g/mol. The first-order chi connectivity index (χ1) is 6.35. The van der Waals surface area contributed by atoms with E-state index < -0.39 is 0 Å². The molecule has 1 rings (SSSR count). The average molecular weight is 182 g/mol. The number of rotatable bonds is 1. The number of hydrogen-bond donors (Lipinski definition) is 0. The van der Waals surface area contributed by atoms with Gasteiger partial charge in [-0.25, -0.2) is 0 Å². The minimum Gasteiger partial charge on any atom is -0.261 e. The molecule has 0 spiro atoms. The van der Waals surface area contributed by atoms with Gasteiger partial charge in [-0.1, -0.05) is 41.0 Å². The van der Waals surface area contributed by atoms with Crippen LogP contribution in [0.1, 0.15) is 46.7 Å². The number of nitrogens with zero attached hydrogens (tertiary/aromatic N) is 2. The second-order valence-electron chi connectivity index (χ2n) is 2.26. The highest BCUT2D eigenvalue weighted by Crippen LogP contribution is 1.87. The summed E-state index contributed by atoms with van der Waals surface area (Å²) in [5.74, 6) is 0. The van der Waals surface area contributed by atoms with E-state index in [9.17, 15) is 0 Å². The summed E-state index contributed by atoms with van der Waals surface area (Å²) in [5.41, 5.74) is 1.05. The molecule has 2 nitrogen and oxygen atoms in total. The summed E-state index contributed by atoms with van der Waals surface area (Å²) in [6.07, 6.45) is 7.38. The normalized spacial score (nSPS) is 7.46. The molecule has 13 heavy (non-hydrogen) atoms. The quantitative estimate of drug-likeness (QED) is 0.664. The fraction of sp³-hybridized carbons (Fsp3) is 0.636. The van der Waals surface area contributed by atoms with Crippen LogP contribution in [0.15, 0.2) is 18.6 Å². The van der Waals surface area contributed by atoms with Crippen LogP contribution in [0.2, 0.25) is 0 Å². The lowest BCUT2D eigenvalue weighted by molar-refractivity contribution is 1.000. The zero-order chi connectivity index (χ0) is 10.5. The first-order valence-corrected chi connectivity index (χ1v) is 5.10. The van der Waals surface area contributed by atoms with E-state index in [0.717, 1.165) is 12.1 Å². The summed E-state index contributed by atoms with van der Waals surface area (Å²) in [5, 5.41) is 0. The molecule has 0 aliphatic rings. The lowest BCUT2D eigenvalue weighted by Crippen LogP contribution is -1.84. The molecule has 76 valence electrons. The van der Waals surface area contributed by atoms with Gasteiger partial charge in [-0.15, -0.1) is 0 Å². The van der Waals surface area contributed by atoms with Gasteiger partial charge in [-0.3, -0.25) is 9.97 Å². The molecule has 0 aromatic carbocycles. The van der Waals surface area contributed by atoms with E-state index in [-0.39, 0.29) is 0 Å². The fourth-order valence-corrected chi connectivity index (χ4v) is 0.513. The third kappa shape index (κ3) is 11.1. The molecule has 1 aromatic heterocycles. The third-order valence-corrected chi connectivity index (χ3v) is 0.979. The van der Waals surface area contributed by atoms with Crippen LogP contribution in [0, 0.1) is 0 Å². The molecule has 0 bridgehead atoms. The van der Waals surface area contributed by atoms with E-state index in [2.05, 4.69) is 30.7 Å². The van der Waals surface area contributed by atoms with Crippen LogP contribution >= 0.6 is 0 Å². The van der Waals surface area contributed by atoms with Gasteiger partial charge in [0.2, 0.25) is 0 Å². The van der Waals surface area contributed by atoms with Crippen LogP contribution in [0.25, 0.3) is 0 Å². The molecule has 0 atom stereocenters. The highest BCUT2D eigenvalue weighted by Gasteiger charge is 1.82. The van der Waals surface area contributed by atoms with E-state index in [0.29, 0.717) is 0 Å². The summed E-state index contributed by atoms with van der Waals surface area (Å²) >= 11 is 0. The van der Waals surface area contributed by atoms with Crippen molar-refractivity contribution < 1.29 is 0 Å². The van der Waals surface area contributed by atoms with Crippen molar-refractivity contribution in [3.8, 4) is 0 Å². The number of hydrogen-bond acceptors (Lipinski definition) is 2. The molecule has 0 radical (unpaired) electrons. The van der Waals surface area contributed by atoms with Crippen molar-refractivity contribution in [3.63, 3.8) is 0 Å². The summed E-state index contributed by atoms with van der Waals surface area (Å²) in [4.78, 5) is 7.93. The third-order valence-electron chi connectivity index (χ3n) is 0.979. The molecule has 0 saturated heterocycles. The van der Waals surface area contributed by atoms with E-state index in [1.54, 1.807) is 18.6 Å². The minimum atomic E-state index is 0.966. The Hall–Kier alpha value is -0.920. The molecule has 1 heterocycles. The van der Waals surface area contributed by atoms with E-state index in [1.807, 2.05) is 13.8 Å². The zero-order valence-corrected chi connectivity index (χ0v) is 9.54. The van der Waals surface area contributed by atoms with Crippen LogP contribution < -0.4 is 0 Å². The Morgan fingerprint density at radius 3 is 1.85 bits per heavy atom. The first kappa shape index (κ1) is 14.6. The molecule has 2 heteroatoms. The van der Waals surface area contributed by atoms with Gasteiger partial charge in [-0.05, 0) is 6.42 Å². The van der Waals surface area contributed by atoms with E-state index >= 15 is 0 Å². The Morgan fingerprint density at radius 2 is 1.62 bits per heavy atom. The fourth-order valence-electron chi connectivity index (χ4n) is 0.513. The first-order valence-electron chi connectivity index (χ1n) is 5.10. The molecule has 1 aromatic rings. The molecule has 0 aliphatic carbocycles. The highest BCUT2D eigenvalue weighted by molar-refractivity contribution is 4.92. The second-order valence-corrected chi connectivity index (χ2v) is 2.26. The SMILES string of the molecule is CC.CCC.CCc1cnccn1. The Bertz CT molecular complexity index is 161. The molecular formula is C11H22N2. The van der Waals surface area contributed by atoms with Crippen molar-refractivity contribution in [1.82, 2.24) is 9.97 Å². The predicted octanol–water partition coefficient (Wildman–Crippen LogP) is 3.48. The van der Waals surface area contributed by atoms with Crippen LogP contribution in [0.3, 0.4) is 0 Å². The van der Waals surface area contributed by atoms with Crippen molar-refractivity contribution >= 4 is 0 Å². The smallest absolute Gasteiger partial charge is 0.0583 e. The largest absolute Gasteiger partial charge is 0.261 e. The molecule has 0 fully saturated rings. The Kier molecular flexibility index (Phi) is 15.3. The molecule has 0 amide bonds. The number of aromatic nitrogens is 2. The van der Waals surface area contributed by atoms with Gasteiger partial charge in [0.15, 0.2) is 0 Å². The summed E-state index contributed by atoms with van der Waals surface area (Å²) in [6.45, 7) is 10.3. The molecule has 0 unspecified atom stereocenters. The molecule has 0 N–H and O–H groups in total. The van der Waals surface area contributed by atoms with Gasteiger partial charge in [0.1, 0.15) is 0 Å². The zero-order valence-electron chi connectivity index (χ0n) is 9.54. The Balaban J connectivity index is 0. The van der Waals surface area contributed by atoms with Gasteiger partial charge in [0, 0.05) is 18.6 Å². The Morgan fingerprint density at radius 1 is 1.08 bits per heavy atom. The van der Waals surface area contributed by atoms with Gasteiger partial charge in [0.05, 0.1) is 5.69 Å². The topological polar surface area (TPSA) is 25.8 Å². The van der Waals surface area contributed by atoms with Crippen molar-refractivity contribution in [2.24, 2.45) is 0 Å². The summed E-state index contributed by atoms with van der Waals surface area (Å²) in [7, 11) is 0. The van der Waals surface area contributed by atoms with Crippen LogP contribution in [-0.2, 0) is 6.42 Å². The monoisotopic (exact) mass is 182 g/mol. The van der Waals surface area contributed by atoms with Gasteiger partial charge in [0.25, 0.3) is 0 Å². The van der Waals surface area contributed by atoms with E-state index in [4.69, 9.17) is 0 Å². The lowest BCUT2D eigenvalue weighted by Gasteiger charge is -1.88. The van der Waals surface area contributed by atoms with Crippen LogP contribution in [0.4, 0.5) is 0 Å². The van der Waals surface area contributed by atoms with Crippen molar-refractivity contribution in [2.45, 2.75) is 47.5 Å². The highest BCUT2D eigenvalue weighted by atomic mass is 14.8. The standard InChI is InChI=1S/C6H8N2.C3H8.C2H6/c1-2-6-5-7-3-4-8-6;1-3-2;1-2/h3-5H,2H2,1H3;3H2,1-2H3;1-2H3. The van der Waals surface area contributed by atoms with Crippen molar-refractivity contribution in [3.05, 3.63) is 24.3 Å². The predicted molar refractivity (Wildman–Crippen MR) is 58.7 cm³/mol. The molecule has 0 aliphatic heterocycles. The van der Waals surface area contributed by atoms with Gasteiger partial charge in [-0.2, -0.15) is 0 Å². The lowest BCUT2D eigenvalue weighted by atomic mass is 10.4. The van der Waals surface area contributed by atoms with Crippen LogP contribution in [-0.4, -0.2) is 9.97 Å². The van der Waals surface area contributed by atoms with Crippen molar-refractivity contribution in [2.75, 3.05) is 0 Å². The van der Waals surface area contributed by atoms with Gasteiger partial charge >= 0.3 is 0 Å². The minimum absolute atomic E-state index is 0.966. The maximum Gasteiger partial charge on any atom is 0.0583 e. The summed E-state index contributed by atoms with van der Waals surface area (Å²) in [6, 6.07) is 0. The van der Waals surface area contributed by atoms with E-state index in [1.165, 1.54) is 6.42 Å². The summed E-state index contributed by atoms with van der Waals surface area (Å²) < 4.78 is 0. The average Bonchev–Trinajstić information content (AvgIpc) is 2.23. The number of aryl methyl sites for hydroxylation is 1. The molecule has 0 saturated carbocycles. The maximum atomic E-state index is 4.03. The van der Waals surface area contributed by atoms with Crippen LogP contribution in [0.5, 0.6) is 0 Å². The van der Waals surface area contributed by atoms with Gasteiger partial charge < -0.3 is 0 Å². The second kappa shape index (κ2) is 13.7. The van der Waals surface area contributed by atoms with Crippen molar-refractivity contribution in [1.29, 1.82) is 0 Å². The Labute approximate surface area is 82.4 Å².